The van der Waals surface area contributed by atoms with E-state index in [1.165, 1.54) is 26.5 Å². The molecule has 0 aliphatic carbocycles. The molecule has 0 spiro atoms. The van der Waals surface area contributed by atoms with E-state index >= 15 is 0 Å². The molecule has 2 rings (SSSR count). The summed E-state index contributed by atoms with van der Waals surface area (Å²) in [4.78, 5) is 2.58. The summed E-state index contributed by atoms with van der Waals surface area (Å²) in [5, 5.41) is 3.27. The van der Waals surface area contributed by atoms with E-state index in [1.54, 1.807) is 0 Å². The predicted molar refractivity (Wildman–Crippen MR) is 91.7 cm³/mol. The van der Waals surface area contributed by atoms with Crippen molar-refractivity contribution in [3.63, 3.8) is 0 Å². The highest BCUT2D eigenvalue weighted by atomic mass is 79.9. The maximum atomic E-state index is 3.68. The summed E-state index contributed by atoms with van der Waals surface area (Å²) < 4.78 is 1.16. The first-order chi connectivity index (χ1) is 9.51. The molecule has 0 amide bonds. The first-order valence-corrected chi connectivity index (χ1v) is 8.34. The number of hydrogen-bond acceptors (Lipinski definition) is 2. The van der Waals surface area contributed by atoms with Crippen LogP contribution in [0.1, 0.15) is 29.7 Å². The lowest BCUT2D eigenvalue weighted by Gasteiger charge is -2.14. The van der Waals surface area contributed by atoms with Gasteiger partial charge in [0, 0.05) is 20.3 Å². The second-order valence-electron chi connectivity index (χ2n) is 5.06. The first-order valence-electron chi connectivity index (χ1n) is 6.73. The smallest absolute Gasteiger partial charge is 0.0300 e. The Hall–Kier alpha value is -0.770. The van der Waals surface area contributed by atoms with Crippen LogP contribution >= 0.6 is 27.7 Å². The second kappa shape index (κ2) is 6.79. The van der Waals surface area contributed by atoms with Gasteiger partial charge in [0.05, 0.1) is 0 Å². The van der Waals surface area contributed by atoms with Crippen LogP contribution in [0.4, 0.5) is 0 Å². The summed E-state index contributed by atoms with van der Waals surface area (Å²) in [6.45, 7) is 6.46. The fourth-order valence-electron chi connectivity index (χ4n) is 2.12. The molecular formula is C17H20BrNS. The average Bonchev–Trinajstić information content (AvgIpc) is 2.41. The minimum Gasteiger partial charge on any atom is -0.313 e. The highest BCUT2D eigenvalue weighted by molar-refractivity contribution is 9.10. The van der Waals surface area contributed by atoms with Gasteiger partial charge in [-0.2, -0.15) is 0 Å². The quantitative estimate of drug-likeness (QED) is 0.782. The number of aryl methyl sites for hydroxylation is 2. The molecule has 0 aromatic heterocycles. The fraction of sp³-hybridized carbons (Fsp3) is 0.294. The molecule has 0 aliphatic rings. The number of benzene rings is 2. The van der Waals surface area contributed by atoms with Crippen LogP contribution in [0.3, 0.4) is 0 Å². The van der Waals surface area contributed by atoms with Gasteiger partial charge in [0.15, 0.2) is 0 Å². The van der Waals surface area contributed by atoms with Gasteiger partial charge < -0.3 is 5.32 Å². The van der Waals surface area contributed by atoms with E-state index in [2.05, 4.69) is 78.4 Å². The number of rotatable bonds is 4. The first kappa shape index (κ1) is 15.6. The Morgan fingerprint density at radius 2 is 1.85 bits per heavy atom. The Kier molecular flexibility index (Phi) is 5.30. The van der Waals surface area contributed by atoms with Gasteiger partial charge in [-0.1, -0.05) is 51.5 Å². The SMILES string of the molecule is CNC(C)c1ccc(Sc2ccc(C)cc2C)cc1Br. The Morgan fingerprint density at radius 3 is 2.45 bits per heavy atom. The van der Waals surface area contributed by atoms with Crippen molar-refractivity contribution in [2.45, 2.75) is 36.6 Å². The molecule has 2 aromatic rings. The summed E-state index contributed by atoms with van der Waals surface area (Å²) in [7, 11) is 1.98. The molecule has 0 fully saturated rings. The second-order valence-corrected chi connectivity index (χ2v) is 7.03. The van der Waals surface area contributed by atoms with Crippen molar-refractivity contribution >= 4 is 27.7 Å². The van der Waals surface area contributed by atoms with Gasteiger partial charge in [-0.05, 0) is 57.1 Å². The number of hydrogen-bond donors (Lipinski definition) is 1. The molecule has 106 valence electrons. The monoisotopic (exact) mass is 349 g/mol. The topological polar surface area (TPSA) is 12.0 Å². The van der Waals surface area contributed by atoms with Crippen molar-refractivity contribution in [3.05, 3.63) is 57.6 Å². The molecule has 0 radical (unpaired) electrons. The van der Waals surface area contributed by atoms with Gasteiger partial charge >= 0.3 is 0 Å². The zero-order chi connectivity index (χ0) is 14.7. The van der Waals surface area contributed by atoms with Crippen molar-refractivity contribution in [2.75, 3.05) is 7.05 Å². The largest absolute Gasteiger partial charge is 0.313 e. The lowest BCUT2D eigenvalue weighted by Crippen LogP contribution is -2.12. The lowest BCUT2D eigenvalue weighted by molar-refractivity contribution is 0.649. The van der Waals surface area contributed by atoms with Crippen molar-refractivity contribution in [2.24, 2.45) is 0 Å². The van der Waals surface area contributed by atoms with Gasteiger partial charge in [-0.25, -0.2) is 0 Å². The third-order valence-electron chi connectivity index (χ3n) is 3.43. The minimum absolute atomic E-state index is 0.351. The summed E-state index contributed by atoms with van der Waals surface area (Å²) >= 11 is 5.49. The molecule has 3 heteroatoms. The zero-order valence-electron chi connectivity index (χ0n) is 12.3. The Morgan fingerprint density at radius 1 is 1.10 bits per heavy atom. The van der Waals surface area contributed by atoms with Crippen LogP contribution in [0.2, 0.25) is 0 Å². The van der Waals surface area contributed by atoms with Gasteiger partial charge in [0.25, 0.3) is 0 Å². The van der Waals surface area contributed by atoms with Gasteiger partial charge in [0.2, 0.25) is 0 Å². The van der Waals surface area contributed by atoms with Gasteiger partial charge in [-0.3, -0.25) is 0 Å². The Balaban J connectivity index is 2.24. The van der Waals surface area contributed by atoms with Crippen molar-refractivity contribution in [1.82, 2.24) is 5.32 Å². The predicted octanol–water partition coefficient (Wildman–Crippen LogP) is 5.50. The van der Waals surface area contributed by atoms with Gasteiger partial charge in [-0.15, -0.1) is 0 Å². The van der Waals surface area contributed by atoms with Crippen LogP contribution in [0.25, 0.3) is 0 Å². The van der Waals surface area contributed by atoms with Crippen molar-refractivity contribution in [1.29, 1.82) is 0 Å². The summed E-state index contributed by atoms with van der Waals surface area (Å²) in [5.41, 5.74) is 3.93. The van der Waals surface area contributed by atoms with E-state index in [1.807, 2.05) is 18.8 Å². The van der Waals surface area contributed by atoms with Crippen LogP contribution in [0.5, 0.6) is 0 Å². The van der Waals surface area contributed by atoms with Crippen molar-refractivity contribution < 1.29 is 0 Å². The number of nitrogens with one attached hydrogen (secondary N) is 1. The van der Waals surface area contributed by atoms with E-state index in [0.29, 0.717) is 6.04 Å². The van der Waals surface area contributed by atoms with Crippen LogP contribution in [0, 0.1) is 13.8 Å². The standard InChI is InChI=1S/C17H20BrNS/c1-11-5-8-17(12(2)9-11)20-14-6-7-15(13(3)19-4)16(18)10-14/h5-10,13,19H,1-4H3. The molecule has 0 heterocycles. The maximum absolute atomic E-state index is 3.68. The third-order valence-corrected chi connectivity index (χ3v) is 5.28. The molecule has 0 saturated carbocycles. The molecule has 0 bridgehead atoms. The zero-order valence-corrected chi connectivity index (χ0v) is 14.7. The van der Waals surface area contributed by atoms with Crippen LogP contribution < -0.4 is 5.32 Å². The Labute approximate surface area is 134 Å². The molecule has 0 saturated heterocycles. The normalized spacial score (nSPS) is 12.4. The molecule has 1 nitrogen and oxygen atoms in total. The van der Waals surface area contributed by atoms with E-state index in [0.717, 1.165) is 4.47 Å². The van der Waals surface area contributed by atoms with Gasteiger partial charge in [0.1, 0.15) is 0 Å². The van der Waals surface area contributed by atoms with Crippen LogP contribution in [-0.4, -0.2) is 7.05 Å². The van der Waals surface area contributed by atoms with E-state index in [9.17, 15) is 0 Å². The molecule has 1 unspecified atom stereocenters. The summed E-state index contributed by atoms with van der Waals surface area (Å²) in [6.07, 6.45) is 0. The third kappa shape index (κ3) is 3.66. The molecule has 1 N–H and O–H groups in total. The summed E-state index contributed by atoms with van der Waals surface area (Å²) in [5.74, 6) is 0. The molecule has 0 aliphatic heterocycles. The average molecular weight is 350 g/mol. The van der Waals surface area contributed by atoms with Crippen LogP contribution in [-0.2, 0) is 0 Å². The fourth-order valence-corrected chi connectivity index (χ4v) is 3.92. The highest BCUT2D eigenvalue weighted by Crippen LogP contribution is 2.34. The van der Waals surface area contributed by atoms with E-state index in [-0.39, 0.29) is 0 Å². The minimum atomic E-state index is 0.351. The summed E-state index contributed by atoms with van der Waals surface area (Å²) in [6, 6.07) is 13.5. The van der Waals surface area contributed by atoms with Crippen molar-refractivity contribution in [3.8, 4) is 0 Å². The molecule has 20 heavy (non-hydrogen) atoms. The maximum Gasteiger partial charge on any atom is 0.0300 e. The molecular weight excluding hydrogens is 330 g/mol. The Bertz CT molecular complexity index is 610. The molecule has 1 atom stereocenters. The van der Waals surface area contributed by atoms with E-state index < -0.39 is 0 Å². The van der Waals surface area contributed by atoms with Crippen LogP contribution in [0.15, 0.2) is 50.7 Å². The van der Waals surface area contributed by atoms with E-state index in [4.69, 9.17) is 0 Å². The lowest BCUT2D eigenvalue weighted by atomic mass is 10.1. The highest BCUT2D eigenvalue weighted by Gasteiger charge is 2.09. The molecule has 2 aromatic carbocycles. The number of halogens is 1.